The summed E-state index contributed by atoms with van der Waals surface area (Å²) in [6, 6.07) is 7.11. The van der Waals surface area contributed by atoms with Crippen LogP contribution in [0.2, 0.25) is 5.02 Å². The van der Waals surface area contributed by atoms with Crippen LogP contribution in [0.15, 0.2) is 24.3 Å². The Labute approximate surface area is 179 Å². The largest absolute Gasteiger partial charge is 0.396 e. The van der Waals surface area contributed by atoms with Crippen LogP contribution in [0.3, 0.4) is 0 Å². The van der Waals surface area contributed by atoms with Crippen molar-refractivity contribution in [3.05, 3.63) is 34.9 Å². The molecule has 0 spiro atoms. The zero-order valence-corrected chi connectivity index (χ0v) is 17.5. The molecule has 1 aromatic heterocycles. The highest BCUT2D eigenvalue weighted by Gasteiger charge is 2.36. The number of nitrogens with one attached hydrogen (secondary N) is 1. The van der Waals surface area contributed by atoms with Gasteiger partial charge in [-0.3, -0.25) is 4.79 Å². The standard InChI is InChI=1S/C22H26ClF2N3O2/c23-17-4-5-18-16(3-6-19(27-18)28-9-7-15(12-28)13-29)20(17)21(30)26-11-14-2-1-8-22(24,25)10-14/h3-6,14-15,29H,1-2,7-13H2,(H,26,30)/t14?,15-/m1/s1. The van der Waals surface area contributed by atoms with Gasteiger partial charge in [-0.1, -0.05) is 11.6 Å². The summed E-state index contributed by atoms with van der Waals surface area (Å²) in [7, 11) is 0. The van der Waals surface area contributed by atoms with Crippen molar-refractivity contribution in [2.75, 3.05) is 31.1 Å². The smallest absolute Gasteiger partial charge is 0.253 e. The van der Waals surface area contributed by atoms with Crippen LogP contribution in [0.5, 0.6) is 0 Å². The van der Waals surface area contributed by atoms with E-state index in [1.165, 1.54) is 0 Å². The third-order valence-corrected chi connectivity index (χ3v) is 6.51. The number of rotatable bonds is 5. The SMILES string of the molecule is O=C(NCC1CCCC(F)(F)C1)c1c(Cl)ccc2nc(N3CC[C@@H](CO)C3)ccc12. The number of carbonyl (C=O) groups excluding carboxylic acids is 1. The number of nitrogens with zero attached hydrogens (tertiary/aromatic N) is 2. The number of benzene rings is 1. The number of anilines is 1. The summed E-state index contributed by atoms with van der Waals surface area (Å²) in [5.74, 6) is -2.19. The van der Waals surface area contributed by atoms with E-state index in [0.29, 0.717) is 34.3 Å². The van der Waals surface area contributed by atoms with Crippen LogP contribution in [0.4, 0.5) is 14.6 Å². The van der Waals surface area contributed by atoms with E-state index < -0.39 is 5.92 Å². The van der Waals surface area contributed by atoms with Crippen LogP contribution in [-0.4, -0.2) is 48.2 Å². The zero-order valence-electron chi connectivity index (χ0n) is 16.7. The summed E-state index contributed by atoms with van der Waals surface area (Å²) in [6.45, 7) is 1.96. The molecule has 2 aromatic rings. The Morgan fingerprint density at radius 1 is 1.27 bits per heavy atom. The third-order valence-electron chi connectivity index (χ3n) is 6.19. The van der Waals surface area contributed by atoms with E-state index in [1.807, 2.05) is 12.1 Å². The van der Waals surface area contributed by atoms with Crippen LogP contribution in [0, 0.1) is 11.8 Å². The second-order valence-corrected chi connectivity index (χ2v) is 8.88. The number of alkyl halides is 2. The minimum Gasteiger partial charge on any atom is -0.396 e. The predicted octanol–water partition coefficient (Wildman–Crippen LogP) is 4.26. The first-order valence-corrected chi connectivity index (χ1v) is 10.9. The van der Waals surface area contributed by atoms with Gasteiger partial charge in [-0.2, -0.15) is 0 Å². The molecule has 0 bridgehead atoms. The van der Waals surface area contributed by atoms with E-state index in [0.717, 1.165) is 25.3 Å². The van der Waals surface area contributed by atoms with Crippen molar-refractivity contribution in [2.45, 2.75) is 38.0 Å². The van der Waals surface area contributed by atoms with Crippen molar-refractivity contribution in [3.8, 4) is 0 Å². The Balaban J connectivity index is 1.51. The molecule has 2 fully saturated rings. The number of amides is 1. The fourth-order valence-electron chi connectivity index (χ4n) is 4.54. The number of pyridine rings is 1. The summed E-state index contributed by atoms with van der Waals surface area (Å²) in [4.78, 5) is 19.7. The van der Waals surface area contributed by atoms with Gasteiger partial charge in [0.25, 0.3) is 5.91 Å². The molecular formula is C22H26ClF2N3O2. The van der Waals surface area contributed by atoms with E-state index in [4.69, 9.17) is 11.6 Å². The molecule has 8 heteroatoms. The second-order valence-electron chi connectivity index (χ2n) is 8.47. The van der Waals surface area contributed by atoms with Crippen molar-refractivity contribution >= 4 is 34.2 Å². The van der Waals surface area contributed by atoms with Gasteiger partial charge in [0, 0.05) is 50.4 Å². The molecule has 0 radical (unpaired) electrons. The fourth-order valence-corrected chi connectivity index (χ4v) is 4.79. The van der Waals surface area contributed by atoms with Gasteiger partial charge in [0.05, 0.1) is 16.1 Å². The lowest BCUT2D eigenvalue weighted by atomic mass is 9.86. The first-order chi connectivity index (χ1) is 14.4. The molecule has 5 nitrogen and oxygen atoms in total. The summed E-state index contributed by atoms with van der Waals surface area (Å²) >= 11 is 6.32. The zero-order chi connectivity index (χ0) is 21.3. The van der Waals surface area contributed by atoms with Crippen LogP contribution in [-0.2, 0) is 0 Å². The molecular weight excluding hydrogens is 412 g/mol. The highest BCUT2D eigenvalue weighted by molar-refractivity contribution is 6.35. The van der Waals surface area contributed by atoms with Gasteiger partial charge in [-0.25, -0.2) is 13.8 Å². The van der Waals surface area contributed by atoms with E-state index in [9.17, 15) is 18.7 Å². The van der Waals surface area contributed by atoms with Crippen molar-refractivity contribution in [1.29, 1.82) is 0 Å². The molecule has 2 atom stereocenters. The Morgan fingerprint density at radius 3 is 2.83 bits per heavy atom. The van der Waals surface area contributed by atoms with Crippen molar-refractivity contribution in [3.63, 3.8) is 0 Å². The molecule has 1 unspecified atom stereocenters. The number of aliphatic hydroxyl groups excluding tert-OH is 1. The predicted molar refractivity (Wildman–Crippen MR) is 113 cm³/mol. The van der Waals surface area contributed by atoms with Gasteiger partial charge in [0.15, 0.2) is 0 Å². The molecule has 1 aliphatic heterocycles. The second kappa shape index (κ2) is 8.63. The minimum atomic E-state index is -2.64. The number of carbonyl (C=O) groups is 1. The van der Waals surface area contributed by atoms with E-state index in [2.05, 4.69) is 15.2 Å². The summed E-state index contributed by atoms with van der Waals surface area (Å²) in [6.07, 6.45) is 1.82. The number of halogens is 3. The number of aromatic nitrogens is 1. The molecule has 1 amide bonds. The van der Waals surface area contributed by atoms with Crippen LogP contribution < -0.4 is 10.2 Å². The molecule has 162 valence electrons. The summed E-state index contributed by atoms with van der Waals surface area (Å²) in [5, 5.41) is 13.1. The highest BCUT2D eigenvalue weighted by atomic mass is 35.5. The number of hydrogen-bond donors (Lipinski definition) is 2. The quantitative estimate of drug-likeness (QED) is 0.733. The Kier molecular flexibility index (Phi) is 6.11. The molecule has 1 saturated carbocycles. The van der Waals surface area contributed by atoms with Gasteiger partial charge in [-0.15, -0.1) is 0 Å². The topological polar surface area (TPSA) is 65.5 Å². The van der Waals surface area contributed by atoms with Crippen LogP contribution in [0.25, 0.3) is 10.9 Å². The molecule has 1 aliphatic carbocycles. The maximum atomic E-state index is 13.6. The Hall–Kier alpha value is -1.99. The molecule has 1 saturated heterocycles. The van der Waals surface area contributed by atoms with E-state index >= 15 is 0 Å². The average Bonchev–Trinajstić information content (AvgIpc) is 3.20. The van der Waals surface area contributed by atoms with Gasteiger partial charge in [0.1, 0.15) is 5.82 Å². The van der Waals surface area contributed by atoms with Gasteiger partial charge >= 0.3 is 0 Å². The van der Waals surface area contributed by atoms with Gasteiger partial charge in [0.2, 0.25) is 5.92 Å². The lowest BCUT2D eigenvalue weighted by Crippen LogP contribution is -2.35. The minimum absolute atomic E-state index is 0.0727. The fraction of sp³-hybridized carbons (Fsp3) is 0.545. The molecule has 2 N–H and O–H groups in total. The molecule has 30 heavy (non-hydrogen) atoms. The first kappa shape index (κ1) is 21.2. The molecule has 4 rings (SSSR count). The van der Waals surface area contributed by atoms with E-state index in [1.54, 1.807) is 12.1 Å². The van der Waals surface area contributed by atoms with Crippen molar-refractivity contribution < 1.29 is 18.7 Å². The molecule has 1 aromatic carbocycles. The highest BCUT2D eigenvalue weighted by Crippen LogP contribution is 2.36. The normalized spacial score (nSPS) is 23.7. The van der Waals surface area contributed by atoms with Crippen LogP contribution >= 0.6 is 11.6 Å². The van der Waals surface area contributed by atoms with Crippen molar-refractivity contribution in [2.24, 2.45) is 11.8 Å². The van der Waals surface area contributed by atoms with Crippen molar-refractivity contribution in [1.82, 2.24) is 10.3 Å². The summed E-state index contributed by atoms with van der Waals surface area (Å²) < 4.78 is 27.3. The number of hydrogen-bond acceptors (Lipinski definition) is 4. The molecule has 2 aliphatic rings. The lowest BCUT2D eigenvalue weighted by molar-refractivity contribution is -0.0518. The maximum absolute atomic E-state index is 13.6. The van der Waals surface area contributed by atoms with Gasteiger partial charge in [-0.05, 0) is 49.4 Å². The Bertz CT molecular complexity index is 940. The third kappa shape index (κ3) is 4.52. The Morgan fingerprint density at radius 2 is 2.10 bits per heavy atom. The van der Waals surface area contributed by atoms with Gasteiger partial charge < -0.3 is 15.3 Å². The monoisotopic (exact) mass is 437 g/mol. The summed E-state index contributed by atoms with van der Waals surface area (Å²) in [5.41, 5.74) is 0.976. The molecule has 2 heterocycles. The first-order valence-electron chi connectivity index (χ1n) is 10.5. The number of aliphatic hydroxyl groups is 1. The number of fused-ring (bicyclic) bond motifs is 1. The maximum Gasteiger partial charge on any atom is 0.253 e. The van der Waals surface area contributed by atoms with E-state index in [-0.39, 0.29) is 43.7 Å². The van der Waals surface area contributed by atoms with Crippen LogP contribution in [0.1, 0.15) is 42.5 Å². The average molecular weight is 438 g/mol. The lowest BCUT2D eigenvalue weighted by Gasteiger charge is -2.29.